The van der Waals surface area contributed by atoms with Crippen molar-refractivity contribution in [3.05, 3.63) is 157 Å². The molecule has 0 bridgehead atoms. The summed E-state index contributed by atoms with van der Waals surface area (Å²) in [6, 6.07) is 26.6. The van der Waals surface area contributed by atoms with E-state index in [1.807, 2.05) is 107 Å². The smallest absolute Gasteiger partial charge is 0.330 e. The van der Waals surface area contributed by atoms with Crippen LogP contribution in [0.4, 0.5) is 10.3 Å². The molecular formula is C56H65FN11O12P. The largest absolute Gasteiger partial charge is 0.497 e. The van der Waals surface area contributed by atoms with Crippen molar-refractivity contribution in [3.8, 4) is 17.6 Å². The number of aromatic nitrogens is 8. The van der Waals surface area contributed by atoms with Gasteiger partial charge in [-0.3, -0.25) is 38.8 Å². The molecule has 2 aliphatic rings. The maximum atomic E-state index is 18.1. The molecule has 81 heavy (non-hydrogen) atoms. The van der Waals surface area contributed by atoms with Gasteiger partial charge < -0.3 is 37.5 Å². The molecule has 7 aromatic rings. The van der Waals surface area contributed by atoms with Gasteiger partial charge in [-0.25, -0.2) is 18.8 Å². The molecule has 2 saturated heterocycles. The fourth-order valence-electron chi connectivity index (χ4n) is 10.9. The van der Waals surface area contributed by atoms with E-state index in [1.165, 1.54) is 24.2 Å². The molecule has 3 N–H and O–H groups in total. The molecule has 9 rings (SSSR count). The number of alkyl halides is 1. The molecule has 23 nitrogen and oxygen atoms in total. The molecule has 8 atom stereocenters. The minimum Gasteiger partial charge on any atom is -0.497 e. The van der Waals surface area contributed by atoms with Gasteiger partial charge >= 0.3 is 5.69 Å². The van der Waals surface area contributed by atoms with Gasteiger partial charge in [-0.2, -0.15) is 15.2 Å². The summed E-state index contributed by atoms with van der Waals surface area (Å²) >= 11 is 0. The third-order valence-corrected chi connectivity index (χ3v) is 19.2. The van der Waals surface area contributed by atoms with Crippen molar-refractivity contribution < 1.29 is 46.7 Å². The Balaban J connectivity index is 1.15. The van der Waals surface area contributed by atoms with Gasteiger partial charge in [0.15, 0.2) is 49.0 Å². The minimum atomic E-state index is -3.46. The number of ether oxygens (including phenoxy) is 6. The van der Waals surface area contributed by atoms with Crippen LogP contribution in [-0.4, -0.2) is 120 Å². The number of halogens is 1. The SMILES string of the molecule is COc1ccc(C(OC[C@H]2O[C@@H](n3cnc4c(=O)[nH]c(NC(=O)C(C)C)nc43)[C@H](F)[C@@H]2Cc2noc([C@H]3O[C@@H](n4ccc(=O)[nH]c4=O)[C@H](OC)[C@@H]3N(CCC#N)P(=O)(C(C)C)C(C)C)n2)(c2ccccc2)c2ccc(OC)cc2)cc1. The molecule has 0 spiro atoms. The number of carbonyl (C=O) groups excluding carboxylic acids is 1. The second-order valence-electron chi connectivity index (χ2n) is 20.7. The van der Waals surface area contributed by atoms with Crippen LogP contribution in [0, 0.1) is 23.2 Å². The van der Waals surface area contributed by atoms with Gasteiger partial charge in [0.2, 0.25) is 11.9 Å². The summed E-state index contributed by atoms with van der Waals surface area (Å²) in [6.07, 6.45) is -5.94. The predicted octanol–water partition coefficient (Wildman–Crippen LogP) is 7.03. The molecule has 0 saturated carbocycles. The summed E-state index contributed by atoms with van der Waals surface area (Å²) in [5.41, 5.74) is -2.49. The Morgan fingerprint density at radius 2 is 1.51 bits per heavy atom. The van der Waals surface area contributed by atoms with E-state index in [0.29, 0.717) is 22.6 Å². The van der Waals surface area contributed by atoms with Crippen molar-refractivity contribution >= 4 is 30.3 Å². The van der Waals surface area contributed by atoms with Gasteiger partial charge in [0, 0.05) is 61.9 Å². The first-order valence-corrected chi connectivity index (χ1v) is 28.3. The lowest BCUT2D eigenvalue weighted by Gasteiger charge is -2.43. The Morgan fingerprint density at radius 3 is 2.09 bits per heavy atom. The number of hydrogen-bond donors (Lipinski definition) is 3. The fraction of sp³-hybridized carbons (Fsp3) is 0.446. The predicted molar refractivity (Wildman–Crippen MR) is 294 cm³/mol. The highest BCUT2D eigenvalue weighted by molar-refractivity contribution is 7.62. The number of carbonyl (C=O) groups is 1. The van der Waals surface area contributed by atoms with Crippen LogP contribution in [0.15, 0.2) is 116 Å². The number of hydrogen-bond acceptors (Lipinski definition) is 17. The number of fused-ring (bicyclic) bond motifs is 1. The minimum absolute atomic E-state index is 0.00153. The molecule has 0 aliphatic carbocycles. The van der Waals surface area contributed by atoms with E-state index in [1.54, 1.807) is 32.7 Å². The number of benzene rings is 3. The monoisotopic (exact) mass is 1130 g/mol. The highest BCUT2D eigenvalue weighted by Gasteiger charge is 2.57. The molecule has 25 heteroatoms. The first-order chi connectivity index (χ1) is 38.9. The zero-order valence-electron chi connectivity index (χ0n) is 46.2. The van der Waals surface area contributed by atoms with E-state index >= 15 is 8.96 Å². The number of nitriles is 1. The number of nitrogens with one attached hydrogen (secondary N) is 3. The molecule has 2 aliphatic heterocycles. The molecule has 1 amide bonds. The number of anilines is 1. The summed E-state index contributed by atoms with van der Waals surface area (Å²) in [5.74, 6) is -1.16. The van der Waals surface area contributed by atoms with Gasteiger partial charge in [0.1, 0.15) is 23.2 Å². The lowest BCUT2D eigenvalue weighted by atomic mass is 9.80. The van der Waals surface area contributed by atoms with Gasteiger partial charge in [-0.1, -0.05) is 101 Å². The zero-order chi connectivity index (χ0) is 57.9. The molecular weight excluding hydrogens is 1070 g/mol. The van der Waals surface area contributed by atoms with Gasteiger partial charge in [0.05, 0.1) is 45.4 Å². The van der Waals surface area contributed by atoms with E-state index < -0.39 is 102 Å². The summed E-state index contributed by atoms with van der Waals surface area (Å²) in [7, 11) is 1.08. The molecule has 0 unspecified atom stereocenters. The number of nitrogens with zero attached hydrogens (tertiary/aromatic N) is 8. The fourth-order valence-corrected chi connectivity index (χ4v) is 14.4. The highest BCUT2D eigenvalue weighted by Crippen LogP contribution is 2.62. The molecule has 428 valence electrons. The quantitative estimate of drug-likeness (QED) is 0.0453. The second-order valence-corrected chi connectivity index (χ2v) is 24.6. The van der Waals surface area contributed by atoms with Crippen LogP contribution in [0.1, 0.15) is 94.9 Å². The molecule has 6 heterocycles. The Morgan fingerprint density at radius 1 is 0.864 bits per heavy atom. The topological polar surface area (TPSA) is 286 Å². The average Bonchev–Trinajstić information content (AvgIpc) is 4.40. The summed E-state index contributed by atoms with van der Waals surface area (Å²) < 4.78 is 81.8. The average molecular weight is 1130 g/mol. The lowest BCUT2D eigenvalue weighted by molar-refractivity contribution is -0.118. The molecule has 0 radical (unpaired) electrons. The van der Waals surface area contributed by atoms with Crippen LogP contribution in [0.25, 0.3) is 11.2 Å². The van der Waals surface area contributed by atoms with Crippen molar-refractivity contribution in [1.29, 1.82) is 5.26 Å². The third-order valence-electron chi connectivity index (χ3n) is 15.0. The lowest BCUT2D eigenvalue weighted by Crippen LogP contribution is -2.47. The Hall–Kier alpha value is -7.65. The van der Waals surface area contributed by atoms with Crippen LogP contribution in [0.5, 0.6) is 11.5 Å². The van der Waals surface area contributed by atoms with Crippen molar-refractivity contribution in [3.63, 3.8) is 0 Å². The number of amides is 1. The molecule has 2 fully saturated rings. The van der Waals surface area contributed by atoms with Crippen LogP contribution in [0.2, 0.25) is 0 Å². The van der Waals surface area contributed by atoms with Gasteiger partial charge in [-0.15, -0.1) is 0 Å². The zero-order valence-corrected chi connectivity index (χ0v) is 47.1. The van der Waals surface area contributed by atoms with Crippen LogP contribution < -0.4 is 31.6 Å². The van der Waals surface area contributed by atoms with Gasteiger partial charge in [0.25, 0.3) is 17.0 Å². The summed E-state index contributed by atoms with van der Waals surface area (Å²) in [5, 5.41) is 16.9. The first-order valence-electron chi connectivity index (χ1n) is 26.5. The van der Waals surface area contributed by atoms with Crippen molar-refractivity contribution in [1.82, 2.24) is 43.9 Å². The van der Waals surface area contributed by atoms with Crippen LogP contribution in [-0.2, 0) is 40.3 Å². The van der Waals surface area contributed by atoms with Crippen molar-refractivity contribution in [2.24, 2.45) is 11.8 Å². The standard InChI is InChI=1S/C56H65FN11O12P/c1-31(2)49(70)63-54-62-48-44(50(71)64-54)59-30-67(48)52-43(57)39(40(78-52)29-77-56(34-14-11-10-12-15-34,35-16-20-37(74-7)21-17-35)36-18-22-38(75-8)23-19-36)28-41-60-51(80-65-41)46-45(68(26-13-25-58)81(73,32(3)4)33(5)6)47(76-9)53(79-46)66-27-24-42(69)61-55(66)72/h10-12,14-24,27,30-33,39-40,43,45-47,52-53H,13,26,28-29H2,1-9H3,(H,61,69,72)(H2,62,63,64,70,71)/t39-,40-,43-,45-,46+,47-,52-,53-/m1/s1. The first kappa shape index (κ1) is 58.0. The number of methoxy groups -OCH3 is 3. The van der Waals surface area contributed by atoms with Crippen LogP contribution in [0.3, 0.4) is 0 Å². The molecule has 4 aromatic heterocycles. The van der Waals surface area contributed by atoms with Gasteiger partial charge in [-0.05, 0) is 41.0 Å². The van der Waals surface area contributed by atoms with Crippen molar-refractivity contribution in [2.45, 2.75) is 114 Å². The second kappa shape index (κ2) is 24.2. The number of aromatic amines is 2. The number of imidazole rings is 1. The Labute approximate surface area is 465 Å². The maximum absolute atomic E-state index is 18.1. The molecule has 3 aromatic carbocycles. The van der Waals surface area contributed by atoms with E-state index in [4.69, 9.17) is 37.9 Å². The number of rotatable bonds is 22. The van der Waals surface area contributed by atoms with E-state index in [9.17, 15) is 24.4 Å². The third kappa shape index (κ3) is 11.1. The number of H-pyrrole nitrogens is 2. The van der Waals surface area contributed by atoms with Crippen LogP contribution >= 0.6 is 7.29 Å². The highest BCUT2D eigenvalue weighted by atomic mass is 31.2. The van der Waals surface area contributed by atoms with E-state index in [0.717, 1.165) is 16.2 Å². The maximum Gasteiger partial charge on any atom is 0.330 e. The Bertz CT molecular complexity index is 3540. The summed E-state index contributed by atoms with van der Waals surface area (Å²) in [6.45, 7) is 10.4. The van der Waals surface area contributed by atoms with E-state index in [-0.39, 0.29) is 54.8 Å². The van der Waals surface area contributed by atoms with Crippen molar-refractivity contribution in [2.75, 3.05) is 39.8 Å². The normalized spacial score (nSPS) is 21.3. The summed E-state index contributed by atoms with van der Waals surface area (Å²) in [4.78, 5) is 70.4. The van der Waals surface area contributed by atoms with E-state index in [2.05, 4.69) is 36.5 Å². The Kier molecular flexibility index (Phi) is 17.3.